The van der Waals surface area contributed by atoms with Gasteiger partial charge in [-0.05, 0) is 47.2 Å². The summed E-state index contributed by atoms with van der Waals surface area (Å²) in [5.41, 5.74) is 0.289. The van der Waals surface area contributed by atoms with Crippen LogP contribution in [0.25, 0.3) is 0 Å². The topological polar surface area (TPSA) is 23.5 Å². The van der Waals surface area contributed by atoms with Crippen LogP contribution in [0.4, 0.5) is 0 Å². The van der Waals surface area contributed by atoms with Crippen molar-refractivity contribution in [3.8, 4) is 0 Å². The second kappa shape index (κ2) is 6.39. The minimum atomic E-state index is 0.289. The molecule has 0 aliphatic rings. The van der Waals surface area contributed by atoms with Crippen molar-refractivity contribution < 1.29 is 5.11 Å². The third-order valence-electron chi connectivity index (χ3n) is 2.55. The Bertz CT molecular complexity index is 118. The van der Waals surface area contributed by atoms with Crippen molar-refractivity contribution >= 4 is 0 Å². The molecule has 13 heavy (non-hydrogen) atoms. The van der Waals surface area contributed by atoms with E-state index in [2.05, 4.69) is 32.7 Å². The van der Waals surface area contributed by atoms with Gasteiger partial charge in [0.05, 0.1) is 0 Å². The second-order valence-corrected chi connectivity index (χ2v) is 4.73. The SMILES string of the molecule is CN(CCCCCCO)C(C)(C)C. The molecule has 1 N–H and O–H groups in total. The molecule has 0 bridgehead atoms. The molecule has 0 spiro atoms. The molecule has 0 radical (unpaired) electrons. The van der Waals surface area contributed by atoms with E-state index in [1.54, 1.807) is 0 Å². The van der Waals surface area contributed by atoms with Crippen LogP contribution in [0, 0.1) is 0 Å². The highest BCUT2D eigenvalue weighted by Crippen LogP contribution is 2.11. The first kappa shape index (κ1) is 12.9. The van der Waals surface area contributed by atoms with Crippen LogP contribution in [0.3, 0.4) is 0 Å². The van der Waals surface area contributed by atoms with Crippen molar-refractivity contribution in [1.29, 1.82) is 0 Å². The van der Waals surface area contributed by atoms with Crippen molar-refractivity contribution in [2.45, 2.75) is 52.0 Å². The second-order valence-electron chi connectivity index (χ2n) is 4.73. The summed E-state index contributed by atoms with van der Waals surface area (Å²) in [5.74, 6) is 0. The minimum Gasteiger partial charge on any atom is -0.396 e. The zero-order valence-electron chi connectivity index (χ0n) is 9.64. The summed E-state index contributed by atoms with van der Waals surface area (Å²) < 4.78 is 0. The van der Waals surface area contributed by atoms with E-state index in [1.807, 2.05) is 0 Å². The Morgan fingerprint density at radius 3 is 2.00 bits per heavy atom. The predicted molar refractivity (Wildman–Crippen MR) is 57.9 cm³/mol. The van der Waals surface area contributed by atoms with Crippen molar-refractivity contribution in [3.63, 3.8) is 0 Å². The highest BCUT2D eigenvalue weighted by molar-refractivity contribution is 4.72. The minimum absolute atomic E-state index is 0.289. The van der Waals surface area contributed by atoms with Crippen LogP contribution in [0.5, 0.6) is 0 Å². The number of hydrogen-bond acceptors (Lipinski definition) is 2. The van der Waals surface area contributed by atoms with E-state index in [1.165, 1.54) is 12.8 Å². The molecule has 0 atom stereocenters. The first-order valence-electron chi connectivity index (χ1n) is 5.30. The summed E-state index contributed by atoms with van der Waals surface area (Å²) in [6.07, 6.45) is 4.60. The number of aliphatic hydroxyl groups excluding tert-OH is 1. The van der Waals surface area contributed by atoms with Gasteiger partial charge in [-0.3, -0.25) is 0 Å². The summed E-state index contributed by atoms with van der Waals surface area (Å²) >= 11 is 0. The number of unbranched alkanes of at least 4 members (excludes halogenated alkanes) is 3. The van der Waals surface area contributed by atoms with E-state index in [0.717, 1.165) is 19.4 Å². The molecule has 2 nitrogen and oxygen atoms in total. The summed E-state index contributed by atoms with van der Waals surface area (Å²) in [6.45, 7) is 8.21. The number of nitrogens with zero attached hydrogens (tertiary/aromatic N) is 1. The van der Waals surface area contributed by atoms with E-state index < -0.39 is 0 Å². The van der Waals surface area contributed by atoms with E-state index in [9.17, 15) is 0 Å². The van der Waals surface area contributed by atoms with Gasteiger partial charge in [0.1, 0.15) is 0 Å². The molecule has 0 aliphatic heterocycles. The lowest BCUT2D eigenvalue weighted by molar-refractivity contribution is 0.171. The lowest BCUT2D eigenvalue weighted by Gasteiger charge is -2.31. The first-order valence-corrected chi connectivity index (χ1v) is 5.30. The summed E-state index contributed by atoms with van der Waals surface area (Å²) in [4.78, 5) is 2.38. The molecule has 0 rings (SSSR count). The van der Waals surface area contributed by atoms with Crippen molar-refractivity contribution in [1.82, 2.24) is 4.90 Å². The molecule has 80 valence electrons. The van der Waals surface area contributed by atoms with Gasteiger partial charge in [-0.2, -0.15) is 0 Å². The molecule has 0 aromatic heterocycles. The predicted octanol–water partition coefficient (Wildman–Crippen LogP) is 2.27. The lowest BCUT2D eigenvalue weighted by atomic mass is 10.1. The fourth-order valence-electron chi connectivity index (χ4n) is 1.15. The van der Waals surface area contributed by atoms with Gasteiger partial charge in [0, 0.05) is 12.1 Å². The van der Waals surface area contributed by atoms with E-state index in [4.69, 9.17) is 5.11 Å². The fourth-order valence-corrected chi connectivity index (χ4v) is 1.15. The molecular weight excluding hydrogens is 162 g/mol. The Kier molecular flexibility index (Phi) is 6.35. The van der Waals surface area contributed by atoms with Gasteiger partial charge in [0.25, 0.3) is 0 Å². The summed E-state index contributed by atoms with van der Waals surface area (Å²) in [7, 11) is 2.17. The third-order valence-corrected chi connectivity index (χ3v) is 2.55. The van der Waals surface area contributed by atoms with E-state index >= 15 is 0 Å². The van der Waals surface area contributed by atoms with Crippen LogP contribution in [0.2, 0.25) is 0 Å². The van der Waals surface area contributed by atoms with Crippen LogP contribution >= 0.6 is 0 Å². The molecule has 0 heterocycles. The van der Waals surface area contributed by atoms with Gasteiger partial charge in [-0.15, -0.1) is 0 Å². The molecule has 0 fully saturated rings. The number of aliphatic hydroxyl groups is 1. The average Bonchev–Trinajstić information content (AvgIpc) is 2.02. The van der Waals surface area contributed by atoms with Gasteiger partial charge >= 0.3 is 0 Å². The molecule has 0 saturated carbocycles. The maximum Gasteiger partial charge on any atom is 0.0431 e. The molecule has 0 aromatic carbocycles. The summed E-state index contributed by atoms with van der Waals surface area (Å²) in [5, 5.41) is 8.59. The lowest BCUT2D eigenvalue weighted by Crippen LogP contribution is -2.38. The molecular formula is C11H25NO. The van der Waals surface area contributed by atoms with Crippen molar-refractivity contribution in [3.05, 3.63) is 0 Å². The van der Waals surface area contributed by atoms with Crippen molar-refractivity contribution in [2.75, 3.05) is 20.2 Å². The monoisotopic (exact) mass is 187 g/mol. The molecule has 0 amide bonds. The van der Waals surface area contributed by atoms with Crippen LogP contribution in [-0.4, -0.2) is 35.7 Å². The van der Waals surface area contributed by atoms with Crippen LogP contribution in [-0.2, 0) is 0 Å². The Balaban J connectivity index is 3.32. The molecule has 0 saturated heterocycles. The van der Waals surface area contributed by atoms with Gasteiger partial charge in [0.15, 0.2) is 0 Å². The Morgan fingerprint density at radius 1 is 1.00 bits per heavy atom. The largest absolute Gasteiger partial charge is 0.396 e. The van der Waals surface area contributed by atoms with E-state index in [0.29, 0.717) is 6.61 Å². The van der Waals surface area contributed by atoms with Gasteiger partial charge in [-0.25, -0.2) is 0 Å². The molecule has 0 unspecified atom stereocenters. The Hall–Kier alpha value is -0.0800. The van der Waals surface area contributed by atoms with Gasteiger partial charge < -0.3 is 10.0 Å². The highest BCUT2D eigenvalue weighted by atomic mass is 16.2. The fraction of sp³-hybridized carbons (Fsp3) is 1.00. The number of hydrogen-bond donors (Lipinski definition) is 1. The Morgan fingerprint density at radius 2 is 1.54 bits per heavy atom. The van der Waals surface area contributed by atoms with Crippen LogP contribution in [0.1, 0.15) is 46.5 Å². The normalized spacial score (nSPS) is 12.5. The van der Waals surface area contributed by atoms with Gasteiger partial charge in [-0.1, -0.05) is 12.8 Å². The smallest absolute Gasteiger partial charge is 0.0431 e. The standard InChI is InChI=1S/C11H25NO/c1-11(2,3)12(4)9-7-5-6-8-10-13/h13H,5-10H2,1-4H3. The van der Waals surface area contributed by atoms with E-state index in [-0.39, 0.29) is 5.54 Å². The quantitative estimate of drug-likeness (QED) is 0.645. The zero-order chi connectivity index (χ0) is 10.3. The molecule has 0 aromatic rings. The zero-order valence-corrected chi connectivity index (χ0v) is 9.64. The summed E-state index contributed by atoms with van der Waals surface area (Å²) in [6, 6.07) is 0. The highest BCUT2D eigenvalue weighted by Gasteiger charge is 2.15. The Labute approximate surface area is 82.9 Å². The molecule has 2 heteroatoms. The first-order chi connectivity index (χ1) is 5.98. The average molecular weight is 187 g/mol. The molecule has 0 aliphatic carbocycles. The van der Waals surface area contributed by atoms with Crippen LogP contribution < -0.4 is 0 Å². The maximum absolute atomic E-state index is 8.59. The number of rotatable bonds is 6. The van der Waals surface area contributed by atoms with Gasteiger partial charge in [0.2, 0.25) is 0 Å². The van der Waals surface area contributed by atoms with Crippen LogP contribution in [0.15, 0.2) is 0 Å². The third kappa shape index (κ3) is 7.03. The maximum atomic E-state index is 8.59. The van der Waals surface area contributed by atoms with Crippen molar-refractivity contribution in [2.24, 2.45) is 0 Å².